The number of hydrogen-bond donors (Lipinski definition) is 1. The van der Waals surface area contributed by atoms with E-state index < -0.39 is 0 Å². The molecule has 0 spiro atoms. The van der Waals surface area contributed by atoms with Crippen molar-refractivity contribution in [2.45, 2.75) is 71.8 Å². The molecule has 2 fully saturated rings. The van der Waals surface area contributed by atoms with Crippen LogP contribution in [-0.4, -0.2) is 5.54 Å². The highest BCUT2D eigenvalue weighted by Crippen LogP contribution is 2.46. The van der Waals surface area contributed by atoms with Gasteiger partial charge >= 0.3 is 0 Å². The molecule has 0 amide bonds. The second-order valence-corrected chi connectivity index (χ2v) is 7.55. The van der Waals surface area contributed by atoms with Gasteiger partial charge in [-0.05, 0) is 61.7 Å². The average molecular weight is 237 g/mol. The third-order valence-electron chi connectivity index (χ3n) is 5.67. The van der Waals surface area contributed by atoms with Gasteiger partial charge in [0.05, 0.1) is 0 Å². The van der Waals surface area contributed by atoms with Crippen molar-refractivity contribution in [3.8, 4) is 0 Å². The predicted molar refractivity (Wildman–Crippen MR) is 74.8 cm³/mol. The van der Waals surface area contributed by atoms with E-state index in [0.717, 1.165) is 29.6 Å². The summed E-state index contributed by atoms with van der Waals surface area (Å²) in [6.45, 7) is 9.63. The van der Waals surface area contributed by atoms with Gasteiger partial charge in [-0.15, -0.1) is 0 Å². The van der Waals surface area contributed by atoms with Crippen LogP contribution in [0.25, 0.3) is 0 Å². The summed E-state index contributed by atoms with van der Waals surface area (Å²) in [7, 11) is 0. The first-order valence-electron chi connectivity index (χ1n) is 7.69. The summed E-state index contributed by atoms with van der Waals surface area (Å²) >= 11 is 0. The molecule has 2 rings (SSSR count). The van der Waals surface area contributed by atoms with E-state index in [2.05, 4.69) is 27.7 Å². The second kappa shape index (κ2) is 4.91. The molecule has 2 aliphatic carbocycles. The molecule has 0 aromatic heterocycles. The van der Waals surface area contributed by atoms with Crippen LogP contribution in [0.2, 0.25) is 0 Å². The van der Waals surface area contributed by atoms with Crippen molar-refractivity contribution in [3.63, 3.8) is 0 Å². The monoisotopic (exact) mass is 237 g/mol. The zero-order valence-electron chi connectivity index (χ0n) is 12.2. The number of nitrogens with two attached hydrogens (primary N) is 1. The molecule has 100 valence electrons. The van der Waals surface area contributed by atoms with Crippen LogP contribution < -0.4 is 5.73 Å². The molecule has 0 aromatic carbocycles. The summed E-state index contributed by atoms with van der Waals surface area (Å²) < 4.78 is 0. The Bertz CT molecular complexity index is 250. The van der Waals surface area contributed by atoms with Crippen molar-refractivity contribution >= 4 is 0 Å². The smallest absolute Gasteiger partial charge is 0.0188 e. The summed E-state index contributed by atoms with van der Waals surface area (Å²) in [5, 5.41) is 0. The topological polar surface area (TPSA) is 26.0 Å². The van der Waals surface area contributed by atoms with Crippen molar-refractivity contribution in [1.82, 2.24) is 0 Å². The van der Waals surface area contributed by atoms with E-state index in [4.69, 9.17) is 5.73 Å². The number of rotatable bonds is 1. The fourth-order valence-electron chi connectivity index (χ4n) is 4.64. The molecule has 1 heteroatoms. The molecule has 5 atom stereocenters. The Hall–Kier alpha value is -0.0400. The first-order valence-corrected chi connectivity index (χ1v) is 7.69. The van der Waals surface area contributed by atoms with Crippen LogP contribution >= 0.6 is 0 Å². The van der Waals surface area contributed by atoms with Gasteiger partial charge in [0, 0.05) is 5.54 Å². The summed E-state index contributed by atoms with van der Waals surface area (Å²) in [5.41, 5.74) is 6.98. The van der Waals surface area contributed by atoms with Gasteiger partial charge in [-0.1, -0.05) is 34.1 Å². The third kappa shape index (κ3) is 2.86. The number of hydrogen-bond acceptors (Lipinski definition) is 1. The first kappa shape index (κ1) is 13.4. The summed E-state index contributed by atoms with van der Waals surface area (Å²) in [5.74, 6) is 4.24. The Balaban J connectivity index is 2.04. The van der Waals surface area contributed by atoms with Crippen LogP contribution in [0.3, 0.4) is 0 Å². The zero-order valence-corrected chi connectivity index (χ0v) is 12.2. The Morgan fingerprint density at radius 2 is 1.41 bits per heavy atom. The van der Waals surface area contributed by atoms with E-state index in [-0.39, 0.29) is 5.54 Å². The Morgan fingerprint density at radius 1 is 0.824 bits per heavy atom. The lowest BCUT2D eigenvalue weighted by molar-refractivity contribution is 0.0683. The van der Waals surface area contributed by atoms with Crippen LogP contribution in [0.4, 0.5) is 0 Å². The van der Waals surface area contributed by atoms with Gasteiger partial charge in [-0.2, -0.15) is 0 Å². The molecule has 17 heavy (non-hydrogen) atoms. The molecule has 1 nitrogen and oxygen atoms in total. The van der Waals surface area contributed by atoms with Gasteiger partial charge in [0.15, 0.2) is 0 Å². The highest BCUT2D eigenvalue weighted by molar-refractivity contribution is 4.99. The minimum atomic E-state index is 0.158. The standard InChI is InChI=1S/C16H31N/c1-11-7-12(2)10-16(17,9-11)15-6-5-13(3)14(4)8-15/h11-15H,5-10,17H2,1-4H3. The van der Waals surface area contributed by atoms with E-state index in [0.29, 0.717) is 0 Å². The van der Waals surface area contributed by atoms with Crippen molar-refractivity contribution in [2.75, 3.05) is 0 Å². The second-order valence-electron chi connectivity index (χ2n) is 7.55. The molecule has 0 saturated heterocycles. The fourth-order valence-corrected chi connectivity index (χ4v) is 4.64. The quantitative estimate of drug-likeness (QED) is 0.726. The lowest BCUT2D eigenvalue weighted by atomic mass is 9.60. The van der Waals surface area contributed by atoms with E-state index in [1.54, 1.807) is 0 Å². The molecule has 2 aliphatic rings. The maximum atomic E-state index is 6.82. The lowest BCUT2D eigenvalue weighted by Gasteiger charge is -2.48. The van der Waals surface area contributed by atoms with Gasteiger partial charge in [0.25, 0.3) is 0 Å². The highest BCUT2D eigenvalue weighted by atomic mass is 14.8. The SMILES string of the molecule is CC1CC(C)CC(N)(C2CCC(C)C(C)C2)C1. The van der Waals surface area contributed by atoms with E-state index in [1.165, 1.54) is 38.5 Å². The van der Waals surface area contributed by atoms with Gasteiger partial charge in [0.1, 0.15) is 0 Å². The maximum Gasteiger partial charge on any atom is 0.0188 e. The summed E-state index contributed by atoms with van der Waals surface area (Å²) in [6.07, 6.45) is 8.07. The predicted octanol–water partition coefficient (Wildman–Crippen LogP) is 4.21. The van der Waals surface area contributed by atoms with Gasteiger partial charge < -0.3 is 5.73 Å². The van der Waals surface area contributed by atoms with E-state index in [1.807, 2.05) is 0 Å². The van der Waals surface area contributed by atoms with Crippen LogP contribution in [0, 0.1) is 29.6 Å². The molecule has 0 aromatic rings. The summed E-state index contributed by atoms with van der Waals surface area (Å²) in [4.78, 5) is 0. The van der Waals surface area contributed by atoms with Crippen LogP contribution in [0.1, 0.15) is 66.2 Å². The Labute approximate surface area is 108 Å². The van der Waals surface area contributed by atoms with Crippen molar-refractivity contribution < 1.29 is 0 Å². The van der Waals surface area contributed by atoms with Crippen LogP contribution in [0.15, 0.2) is 0 Å². The molecule has 0 radical (unpaired) electrons. The van der Waals surface area contributed by atoms with Crippen LogP contribution in [-0.2, 0) is 0 Å². The van der Waals surface area contributed by atoms with Gasteiger partial charge in [-0.25, -0.2) is 0 Å². The largest absolute Gasteiger partial charge is 0.325 e. The maximum absolute atomic E-state index is 6.82. The highest BCUT2D eigenvalue weighted by Gasteiger charge is 2.42. The lowest BCUT2D eigenvalue weighted by Crippen LogP contribution is -2.53. The average Bonchev–Trinajstić information content (AvgIpc) is 2.19. The molecular formula is C16H31N. The molecule has 0 bridgehead atoms. The van der Waals surface area contributed by atoms with E-state index >= 15 is 0 Å². The normalized spacial score (nSPS) is 52.4. The molecule has 5 unspecified atom stereocenters. The van der Waals surface area contributed by atoms with Crippen molar-refractivity contribution in [3.05, 3.63) is 0 Å². The molecule has 0 aliphatic heterocycles. The molecule has 2 saturated carbocycles. The zero-order chi connectivity index (χ0) is 12.6. The van der Waals surface area contributed by atoms with Crippen molar-refractivity contribution in [1.29, 1.82) is 0 Å². The third-order valence-corrected chi connectivity index (χ3v) is 5.67. The molecular weight excluding hydrogens is 206 g/mol. The van der Waals surface area contributed by atoms with Crippen molar-refractivity contribution in [2.24, 2.45) is 35.3 Å². The molecule has 0 heterocycles. The van der Waals surface area contributed by atoms with Gasteiger partial charge in [0.2, 0.25) is 0 Å². The minimum Gasteiger partial charge on any atom is -0.325 e. The Morgan fingerprint density at radius 3 is 1.94 bits per heavy atom. The van der Waals surface area contributed by atoms with Gasteiger partial charge in [-0.3, -0.25) is 0 Å². The molecule has 2 N–H and O–H groups in total. The summed E-state index contributed by atoms with van der Waals surface area (Å²) in [6, 6.07) is 0. The van der Waals surface area contributed by atoms with E-state index in [9.17, 15) is 0 Å². The van der Waals surface area contributed by atoms with Crippen LogP contribution in [0.5, 0.6) is 0 Å². The Kier molecular flexibility index (Phi) is 3.87. The first-order chi connectivity index (χ1) is 7.90. The minimum absolute atomic E-state index is 0.158. The fraction of sp³-hybridized carbons (Fsp3) is 1.00.